The van der Waals surface area contributed by atoms with Gasteiger partial charge >= 0.3 is 11.9 Å². The minimum atomic E-state index is -1.68. The summed E-state index contributed by atoms with van der Waals surface area (Å²) < 4.78 is 0. The number of hydrogen-bond donors (Lipinski definition) is 10. The lowest BCUT2D eigenvalue weighted by molar-refractivity contribution is -0.143. The van der Waals surface area contributed by atoms with Gasteiger partial charge in [-0.3, -0.25) is 24.2 Å². The Kier molecular flexibility index (Phi) is 12.3. The van der Waals surface area contributed by atoms with Crippen molar-refractivity contribution in [2.75, 3.05) is 13.2 Å². The van der Waals surface area contributed by atoms with Crippen molar-refractivity contribution in [3.05, 3.63) is 18.2 Å². The van der Waals surface area contributed by atoms with Gasteiger partial charge < -0.3 is 53.5 Å². The molecule has 1 aromatic rings. The number of carboxylic acids is 2. The number of aliphatic hydroxyl groups is 1. The molecule has 0 aliphatic rings. The quantitative estimate of drug-likeness (QED) is 0.0566. The number of aromatic amines is 1. The van der Waals surface area contributed by atoms with Crippen LogP contribution in [0, 0.1) is 0 Å². The lowest BCUT2D eigenvalue weighted by Crippen LogP contribution is -2.58. The number of aliphatic carboxylic acids is 2. The average molecular weight is 514 g/mol. The number of rotatable bonds is 16. The summed E-state index contributed by atoms with van der Waals surface area (Å²) in [5, 5.41) is 34.4. The predicted molar refractivity (Wildman–Crippen MR) is 123 cm³/mol. The molecule has 0 bridgehead atoms. The topological polar surface area (TPSA) is 301 Å². The minimum absolute atomic E-state index is 0.0802. The van der Waals surface area contributed by atoms with E-state index in [9.17, 15) is 34.2 Å². The number of amides is 3. The van der Waals surface area contributed by atoms with Gasteiger partial charge in [-0.1, -0.05) is 0 Å². The van der Waals surface area contributed by atoms with Gasteiger partial charge in [-0.2, -0.15) is 0 Å². The Morgan fingerprint density at radius 1 is 1.00 bits per heavy atom. The number of guanidine groups is 1. The number of nitrogens with one attached hydrogen (secondary N) is 4. The zero-order chi connectivity index (χ0) is 27.3. The molecule has 4 atom stereocenters. The average Bonchev–Trinajstić information content (AvgIpc) is 3.31. The Bertz CT molecular complexity index is 933. The summed E-state index contributed by atoms with van der Waals surface area (Å²) >= 11 is 0. The first-order chi connectivity index (χ1) is 16.9. The first-order valence-electron chi connectivity index (χ1n) is 10.7. The Morgan fingerprint density at radius 2 is 1.61 bits per heavy atom. The van der Waals surface area contributed by atoms with Crippen LogP contribution in [0.3, 0.4) is 0 Å². The van der Waals surface area contributed by atoms with Gasteiger partial charge in [0.25, 0.3) is 0 Å². The van der Waals surface area contributed by atoms with Crippen LogP contribution in [0.4, 0.5) is 0 Å². The van der Waals surface area contributed by atoms with E-state index in [0.29, 0.717) is 5.69 Å². The summed E-state index contributed by atoms with van der Waals surface area (Å²) in [5.41, 5.74) is 16.3. The van der Waals surface area contributed by atoms with Crippen LogP contribution >= 0.6 is 0 Å². The van der Waals surface area contributed by atoms with Crippen LogP contribution in [0.25, 0.3) is 0 Å². The minimum Gasteiger partial charge on any atom is -0.481 e. The molecule has 0 aromatic carbocycles. The largest absolute Gasteiger partial charge is 0.481 e. The molecule has 1 aromatic heterocycles. The van der Waals surface area contributed by atoms with Crippen molar-refractivity contribution in [1.29, 1.82) is 0 Å². The third-order valence-electron chi connectivity index (χ3n) is 4.72. The summed E-state index contributed by atoms with van der Waals surface area (Å²) in [4.78, 5) is 70.8. The standard InChI is InChI=1S/C19H31N9O8/c20-10(7-29)15(32)27-12(4-9-6-23-8-25-9)16(33)28-13(5-14(30)31)17(34)26-11(18(35)36)2-1-3-24-19(21)22/h6,8,10-13,29H,1-5,7,20H2,(H,23,25)(H,26,34)(H,27,32)(H,28,33)(H,30,31)(H,35,36)(H4,21,22,24). The number of aliphatic hydroxyl groups excluding tert-OH is 1. The van der Waals surface area contributed by atoms with Gasteiger partial charge in [-0.25, -0.2) is 9.78 Å². The summed E-state index contributed by atoms with van der Waals surface area (Å²) in [6.07, 6.45) is 1.79. The molecular weight excluding hydrogens is 482 g/mol. The second kappa shape index (κ2) is 14.9. The molecule has 0 spiro atoms. The number of nitrogens with zero attached hydrogens (tertiary/aromatic N) is 2. The fourth-order valence-electron chi connectivity index (χ4n) is 2.88. The number of nitrogens with two attached hydrogens (primary N) is 3. The smallest absolute Gasteiger partial charge is 0.326 e. The number of imidazole rings is 1. The maximum Gasteiger partial charge on any atom is 0.326 e. The molecule has 17 heteroatoms. The van der Waals surface area contributed by atoms with E-state index in [4.69, 9.17) is 22.3 Å². The molecule has 4 unspecified atom stereocenters. The van der Waals surface area contributed by atoms with Crippen molar-refractivity contribution in [2.24, 2.45) is 22.2 Å². The van der Waals surface area contributed by atoms with Crippen LogP contribution in [0.2, 0.25) is 0 Å². The highest BCUT2D eigenvalue weighted by Crippen LogP contribution is 2.04. The van der Waals surface area contributed by atoms with E-state index in [2.05, 4.69) is 30.9 Å². The highest BCUT2D eigenvalue weighted by molar-refractivity contribution is 5.95. The molecule has 3 amide bonds. The van der Waals surface area contributed by atoms with Crippen molar-refractivity contribution in [3.8, 4) is 0 Å². The molecule has 17 nitrogen and oxygen atoms in total. The predicted octanol–water partition coefficient (Wildman–Crippen LogP) is -4.66. The van der Waals surface area contributed by atoms with E-state index < -0.39 is 66.9 Å². The van der Waals surface area contributed by atoms with E-state index in [1.165, 1.54) is 12.5 Å². The van der Waals surface area contributed by atoms with Gasteiger partial charge in [0.1, 0.15) is 24.2 Å². The second-order valence-electron chi connectivity index (χ2n) is 7.64. The molecule has 200 valence electrons. The van der Waals surface area contributed by atoms with Crippen molar-refractivity contribution in [2.45, 2.75) is 49.9 Å². The number of carbonyl (C=O) groups is 5. The number of H-pyrrole nitrogens is 1. The summed E-state index contributed by atoms with van der Waals surface area (Å²) in [5.74, 6) is -5.93. The first-order valence-corrected chi connectivity index (χ1v) is 10.7. The molecule has 36 heavy (non-hydrogen) atoms. The van der Waals surface area contributed by atoms with E-state index in [0.717, 1.165) is 0 Å². The third-order valence-corrected chi connectivity index (χ3v) is 4.72. The molecule has 0 saturated heterocycles. The van der Waals surface area contributed by atoms with Gasteiger partial charge in [0, 0.05) is 24.9 Å². The van der Waals surface area contributed by atoms with Gasteiger partial charge in [0.2, 0.25) is 17.7 Å². The fraction of sp³-hybridized carbons (Fsp3) is 0.526. The molecule has 1 rings (SSSR count). The van der Waals surface area contributed by atoms with Gasteiger partial charge in [-0.05, 0) is 12.8 Å². The van der Waals surface area contributed by atoms with Gasteiger partial charge in [-0.15, -0.1) is 0 Å². The maximum atomic E-state index is 12.9. The number of hydrogen-bond acceptors (Lipinski definition) is 9. The Labute approximate surface area is 204 Å². The SMILES string of the molecule is NC(N)=NCCCC(NC(=O)C(CC(=O)O)NC(=O)C(Cc1cnc[nH]1)NC(=O)C(N)CO)C(=O)O. The van der Waals surface area contributed by atoms with Crippen LogP contribution in [0.15, 0.2) is 17.5 Å². The lowest BCUT2D eigenvalue weighted by atomic mass is 10.1. The van der Waals surface area contributed by atoms with Crippen molar-refractivity contribution < 1.29 is 39.3 Å². The summed E-state index contributed by atoms with van der Waals surface area (Å²) in [7, 11) is 0. The Hall–Kier alpha value is -4.25. The molecule has 0 saturated carbocycles. The molecule has 1 heterocycles. The van der Waals surface area contributed by atoms with Crippen molar-refractivity contribution in [1.82, 2.24) is 25.9 Å². The Morgan fingerprint density at radius 3 is 2.14 bits per heavy atom. The lowest BCUT2D eigenvalue weighted by Gasteiger charge is -2.24. The first kappa shape index (κ1) is 29.8. The van der Waals surface area contributed by atoms with Crippen LogP contribution in [0.1, 0.15) is 25.0 Å². The van der Waals surface area contributed by atoms with E-state index in [-0.39, 0.29) is 31.8 Å². The fourth-order valence-corrected chi connectivity index (χ4v) is 2.88. The number of carbonyl (C=O) groups excluding carboxylic acids is 3. The second-order valence-corrected chi connectivity index (χ2v) is 7.64. The normalized spacial score (nSPS) is 13.9. The molecule has 0 radical (unpaired) electrons. The Balaban J connectivity index is 2.99. The van der Waals surface area contributed by atoms with Crippen LogP contribution in [-0.2, 0) is 30.4 Å². The van der Waals surface area contributed by atoms with Crippen LogP contribution in [0.5, 0.6) is 0 Å². The summed E-state index contributed by atoms with van der Waals surface area (Å²) in [6.45, 7) is -0.601. The zero-order valence-electron chi connectivity index (χ0n) is 19.2. The van der Waals surface area contributed by atoms with Gasteiger partial charge in [0.15, 0.2) is 5.96 Å². The molecule has 0 aliphatic heterocycles. The monoisotopic (exact) mass is 513 g/mol. The van der Waals surface area contributed by atoms with Crippen LogP contribution < -0.4 is 33.2 Å². The highest BCUT2D eigenvalue weighted by atomic mass is 16.4. The molecule has 0 fully saturated rings. The third kappa shape index (κ3) is 10.8. The van der Waals surface area contributed by atoms with Crippen molar-refractivity contribution >= 4 is 35.6 Å². The van der Waals surface area contributed by atoms with E-state index in [1.807, 2.05) is 0 Å². The number of aliphatic imine (C=N–C) groups is 1. The number of aromatic nitrogens is 2. The maximum absolute atomic E-state index is 12.9. The number of carboxylic acid groups (broad SMARTS) is 2. The molecule has 0 aliphatic carbocycles. The molecular formula is C19H31N9O8. The van der Waals surface area contributed by atoms with Crippen molar-refractivity contribution in [3.63, 3.8) is 0 Å². The molecule has 13 N–H and O–H groups in total. The van der Waals surface area contributed by atoms with Gasteiger partial charge in [0.05, 0.1) is 19.4 Å². The summed E-state index contributed by atoms with van der Waals surface area (Å²) in [6, 6.07) is -5.77. The highest BCUT2D eigenvalue weighted by Gasteiger charge is 2.31. The van der Waals surface area contributed by atoms with E-state index >= 15 is 0 Å². The van der Waals surface area contributed by atoms with E-state index in [1.54, 1.807) is 0 Å². The zero-order valence-corrected chi connectivity index (χ0v) is 19.2. The van der Waals surface area contributed by atoms with Crippen LogP contribution in [-0.4, -0.2) is 98.2 Å².